The molecule has 30 heavy (non-hydrogen) atoms. The molecule has 1 fully saturated rings. The maximum atomic E-state index is 12.9. The summed E-state index contributed by atoms with van der Waals surface area (Å²) in [7, 11) is 0. The van der Waals surface area contributed by atoms with Gasteiger partial charge in [0.1, 0.15) is 5.92 Å². The number of ether oxygens (including phenoxy) is 1. The summed E-state index contributed by atoms with van der Waals surface area (Å²) in [6.07, 6.45) is 5.17. The fourth-order valence-corrected chi connectivity index (χ4v) is 4.51. The zero-order valence-corrected chi connectivity index (χ0v) is 18.3. The van der Waals surface area contributed by atoms with Gasteiger partial charge in [0, 0.05) is 36.1 Å². The Kier molecular flexibility index (Phi) is 5.16. The van der Waals surface area contributed by atoms with Crippen molar-refractivity contribution in [3.8, 4) is 0 Å². The molecule has 2 N–H and O–H groups in total. The number of fused-ring (bicyclic) bond motifs is 2. The van der Waals surface area contributed by atoms with E-state index in [1.807, 2.05) is 29.1 Å². The van der Waals surface area contributed by atoms with Crippen LogP contribution in [0, 0.1) is 0 Å². The number of carbonyl (C=O) groups excluding carboxylic acids is 1. The molecular weight excluding hydrogens is 448 g/mol. The summed E-state index contributed by atoms with van der Waals surface area (Å²) in [5.74, 6) is -0.118. The van der Waals surface area contributed by atoms with Crippen LogP contribution < -0.4 is 10.6 Å². The highest BCUT2D eigenvalue weighted by atomic mass is 79.9. The molecule has 0 aliphatic carbocycles. The van der Waals surface area contributed by atoms with Gasteiger partial charge in [0.05, 0.1) is 17.2 Å². The number of benzene rings is 1. The first-order valence-electron chi connectivity index (χ1n) is 10.3. The standard InChI is InChI=1S/C21H23BrN6O2/c1-2-7-28-11-15-18(17-14-9-12(22)5-6-16(14)24-20(17)29)25-21(26-19(15)27-28)23-10-13-4-3-8-30-13/h5-6,9,11,13,17H,2-4,7-8,10H2,1H3,(H,24,29)(H,23,26,27). The zero-order valence-electron chi connectivity index (χ0n) is 16.7. The van der Waals surface area contributed by atoms with Crippen LogP contribution in [0.2, 0.25) is 0 Å². The molecule has 2 atom stereocenters. The van der Waals surface area contributed by atoms with E-state index >= 15 is 0 Å². The van der Waals surface area contributed by atoms with Gasteiger partial charge >= 0.3 is 0 Å². The number of rotatable bonds is 6. The van der Waals surface area contributed by atoms with Gasteiger partial charge in [0.15, 0.2) is 5.65 Å². The molecule has 2 aliphatic rings. The van der Waals surface area contributed by atoms with Gasteiger partial charge in [-0.05, 0) is 43.0 Å². The highest BCUT2D eigenvalue weighted by Gasteiger charge is 2.35. The Bertz CT molecular complexity index is 1110. The molecular formula is C21H23BrN6O2. The average molecular weight is 471 g/mol. The van der Waals surface area contributed by atoms with Gasteiger partial charge in [-0.2, -0.15) is 10.1 Å². The lowest BCUT2D eigenvalue weighted by Crippen LogP contribution is -2.21. The number of aryl methyl sites for hydroxylation is 1. The van der Waals surface area contributed by atoms with Crippen molar-refractivity contribution < 1.29 is 9.53 Å². The molecule has 156 valence electrons. The van der Waals surface area contributed by atoms with Crippen molar-refractivity contribution in [2.45, 2.75) is 44.8 Å². The quantitative estimate of drug-likeness (QED) is 0.570. The van der Waals surface area contributed by atoms with E-state index in [-0.39, 0.29) is 12.0 Å². The predicted octanol–water partition coefficient (Wildman–Crippen LogP) is 3.67. The Morgan fingerprint density at radius 2 is 2.27 bits per heavy atom. The van der Waals surface area contributed by atoms with E-state index in [9.17, 15) is 4.79 Å². The third kappa shape index (κ3) is 3.56. The summed E-state index contributed by atoms with van der Waals surface area (Å²) >= 11 is 3.52. The van der Waals surface area contributed by atoms with E-state index in [4.69, 9.17) is 9.72 Å². The van der Waals surface area contributed by atoms with Crippen LogP contribution >= 0.6 is 15.9 Å². The van der Waals surface area contributed by atoms with E-state index in [1.54, 1.807) is 0 Å². The van der Waals surface area contributed by atoms with Crippen LogP contribution in [0.4, 0.5) is 11.6 Å². The van der Waals surface area contributed by atoms with Gasteiger partial charge in [-0.3, -0.25) is 9.48 Å². The monoisotopic (exact) mass is 470 g/mol. The number of hydrogen-bond acceptors (Lipinski definition) is 6. The number of hydrogen-bond donors (Lipinski definition) is 2. The van der Waals surface area contributed by atoms with E-state index in [1.165, 1.54) is 0 Å². The van der Waals surface area contributed by atoms with Gasteiger partial charge in [-0.25, -0.2) is 4.98 Å². The Labute approximate surface area is 182 Å². The second-order valence-electron chi connectivity index (χ2n) is 7.73. The van der Waals surface area contributed by atoms with Gasteiger partial charge in [-0.15, -0.1) is 0 Å². The maximum absolute atomic E-state index is 12.9. The maximum Gasteiger partial charge on any atom is 0.238 e. The first kappa shape index (κ1) is 19.4. The molecule has 8 nitrogen and oxygen atoms in total. The highest BCUT2D eigenvalue weighted by Crippen LogP contribution is 2.40. The van der Waals surface area contributed by atoms with Crippen molar-refractivity contribution >= 4 is 44.5 Å². The summed E-state index contributed by atoms with van der Waals surface area (Å²) in [4.78, 5) is 22.4. The Hall–Kier alpha value is -2.52. The van der Waals surface area contributed by atoms with E-state index in [0.29, 0.717) is 23.8 Å². The molecule has 2 aromatic heterocycles. The van der Waals surface area contributed by atoms with Crippen molar-refractivity contribution in [1.29, 1.82) is 0 Å². The van der Waals surface area contributed by atoms with Crippen LogP contribution in [-0.2, 0) is 16.1 Å². The van der Waals surface area contributed by atoms with Crippen molar-refractivity contribution in [2.24, 2.45) is 0 Å². The summed E-state index contributed by atoms with van der Waals surface area (Å²) in [6, 6.07) is 5.81. The lowest BCUT2D eigenvalue weighted by molar-refractivity contribution is -0.116. The number of nitrogens with zero attached hydrogens (tertiary/aromatic N) is 4. The summed E-state index contributed by atoms with van der Waals surface area (Å²) in [6.45, 7) is 4.33. The number of halogens is 1. The molecule has 1 aromatic carbocycles. The van der Waals surface area contributed by atoms with Crippen LogP contribution in [-0.4, -0.2) is 44.9 Å². The molecule has 1 amide bonds. The molecule has 0 saturated carbocycles. The minimum atomic E-state index is -0.509. The Morgan fingerprint density at radius 1 is 1.37 bits per heavy atom. The smallest absolute Gasteiger partial charge is 0.238 e. The molecule has 2 unspecified atom stereocenters. The Morgan fingerprint density at radius 3 is 3.07 bits per heavy atom. The average Bonchev–Trinajstić information content (AvgIpc) is 3.44. The van der Waals surface area contributed by atoms with Gasteiger partial charge in [0.25, 0.3) is 0 Å². The Balaban J connectivity index is 1.58. The fraction of sp³-hybridized carbons (Fsp3) is 0.429. The molecule has 0 radical (unpaired) electrons. The molecule has 0 bridgehead atoms. The topological polar surface area (TPSA) is 94.0 Å². The normalized spacial score (nSPS) is 20.5. The molecule has 0 spiro atoms. The van der Waals surface area contributed by atoms with Crippen LogP contribution in [0.15, 0.2) is 28.9 Å². The zero-order chi connectivity index (χ0) is 20.7. The first-order chi connectivity index (χ1) is 14.6. The van der Waals surface area contributed by atoms with Crippen molar-refractivity contribution in [2.75, 3.05) is 23.8 Å². The summed E-state index contributed by atoms with van der Waals surface area (Å²) in [5.41, 5.74) is 2.99. The number of carbonyl (C=O) groups is 1. The minimum absolute atomic E-state index is 0.0867. The lowest BCUT2D eigenvalue weighted by Gasteiger charge is -2.14. The van der Waals surface area contributed by atoms with E-state index in [2.05, 4.69) is 43.6 Å². The second kappa shape index (κ2) is 7.96. The fourth-order valence-electron chi connectivity index (χ4n) is 4.13. The van der Waals surface area contributed by atoms with Crippen molar-refractivity contribution in [1.82, 2.24) is 19.7 Å². The number of amides is 1. The number of nitrogens with one attached hydrogen (secondary N) is 2. The van der Waals surface area contributed by atoms with Crippen LogP contribution in [0.1, 0.15) is 43.4 Å². The SMILES string of the molecule is CCCn1cc2c(C3C(=O)Nc4ccc(Br)cc43)nc(NCC3CCCO3)nc2n1. The number of aromatic nitrogens is 4. The van der Waals surface area contributed by atoms with Crippen molar-refractivity contribution in [3.63, 3.8) is 0 Å². The van der Waals surface area contributed by atoms with Gasteiger partial charge < -0.3 is 15.4 Å². The van der Waals surface area contributed by atoms with Crippen LogP contribution in [0.3, 0.4) is 0 Å². The lowest BCUT2D eigenvalue weighted by atomic mass is 9.95. The van der Waals surface area contributed by atoms with Gasteiger partial charge in [0.2, 0.25) is 11.9 Å². The molecule has 4 heterocycles. The summed E-state index contributed by atoms with van der Waals surface area (Å²) < 4.78 is 8.50. The molecule has 2 aliphatic heterocycles. The minimum Gasteiger partial charge on any atom is -0.376 e. The van der Waals surface area contributed by atoms with Crippen LogP contribution in [0.5, 0.6) is 0 Å². The largest absolute Gasteiger partial charge is 0.376 e. The first-order valence-corrected chi connectivity index (χ1v) is 11.1. The van der Waals surface area contributed by atoms with Crippen LogP contribution in [0.25, 0.3) is 11.0 Å². The van der Waals surface area contributed by atoms with E-state index in [0.717, 1.165) is 53.5 Å². The molecule has 9 heteroatoms. The third-order valence-corrected chi connectivity index (χ3v) is 6.03. The predicted molar refractivity (Wildman–Crippen MR) is 118 cm³/mol. The molecule has 3 aromatic rings. The second-order valence-corrected chi connectivity index (χ2v) is 8.65. The highest BCUT2D eigenvalue weighted by molar-refractivity contribution is 9.10. The molecule has 5 rings (SSSR count). The molecule has 1 saturated heterocycles. The van der Waals surface area contributed by atoms with Crippen molar-refractivity contribution in [3.05, 3.63) is 40.1 Å². The number of anilines is 2. The van der Waals surface area contributed by atoms with Gasteiger partial charge in [-0.1, -0.05) is 22.9 Å². The third-order valence-electron chi connectivity index (χ3n) is 5.54. The summed E-state index contributed by atoms with van der Waals surface area (Å²) in [5, 5.41) is 11.7. The van der Waals surface area contributed by atoms with E-state index < -0.39 is 5.92 Å².